The van der Waals surface area contributed by atoms with Gasteiger partial charge in [-0.1, -0.05) is 23.2 Å². The fourth-order valence-corrected chi connectivity index (χ4v) is 6.42. The predicted octanol–water partition coefficient (Wildman–Crippen LogP) is 2.69. The number of H-pyrrole nitrogens is 1. The summed E-state index contributed by atoms with van der Waals surface area (Å²) in [7, 11) is 1.56. The Balaban J connectivity index is 1.26. The number of carboxylic acids is 1. The van der Waals surface area contributed by atoms with Crippen LogP contribution in [0.25, 0.3) is 22.3 Å². The van der Waals surface area contributed by atoms with Gasteiger partial charge in [-0.2, -0.15) is 0 Å². The third-order valence-corrected chi connectivity index (χ3v) is 8.68. The third kappa shape index (κ3) is 7.43. The maximum atomic E-state index is 13.0. The molecule has 1 aromatic heterocycles. The summed E-state index contributed by atoms with van der Waals surface area (Å²) in [6.07, 6.45) is 0. The Morgan fingerprint density at radius 1 is 1.09 bits per heavy atom. The van der Waals surface area contributed by atoms with Crippen LogP contribution in [0.2, 0.25) is 10.0 Å². The van der Waals surface area contributed by atoms with Crippen molar-refractivity contribution in [2.45, 2.75) is 11.4 Å². The number of rotatable bonds is 14. The zero-order chi connectivity index (χ0) is 32.1. The van der Waals surface area contributed by atoms with Gasteiger partial charge >= 0.3 is 5.97 Å². The minimum Gasteiger partial charge on any atom is -0.488 e. The van der Waals surface area contributed by atoms with Gasteiger partial charge < -0.3 is 34.4 Å². The van der Waals surface area contributed by atoms with Crippen LogP contribution in [0.5, 0.6) is 5.75 Å². The molecule has 3 N–H and O–H groups in total. The lowest BCUT2D eigenvalue weighted by Crippen LogP contribution is -2.70. The minimum absolute atomic E-state index is 0.176. The van der Waals surface area contributed by atoms with Crippen LogP contribution in [0.3, 0.4) is 0 Å². The number of β-lactam (4-membered cyclic amide) rings is 1. The molecule has 2 aliphatic rings. The van der Waals surface area contributed by atoms with Crippen LogP contribution in [0.1, 0.15) is 0 Å². The first kappa shape index (κ1) is 32.7. The molecule has 45 heavy (non-hydrogen) atoms. The van der Waals surface area contributed by atoms with E-state index in [1.807, 2.05) is 0 Å². The molecule has 3 aromatic rings. The topological polar surface area (TPSA) is 169 Å². The molecule has 0 bridgehead atoms. The number of nitrogens with zero attached hydrogens (tertiary/aromatic N) is 2. The number of carbonyl (C=O) groups excluding carboxylic acids is 2. The van der Waals surface area contributed by atoms with Gasteiger partial charge in [0.1, 0.15) is 41.9 Å². The molecule has 0 spiro atoms. The number of aromatic nitrogens is 2. The molecule has 2 atom stereocenters. The first-order chi connectivity index (χ1) is 21.7. The average molecular weight is 680 g/mol. The molecule has 13 nitrogen and oxygen atoms in total. The number of fused-ring (bicyclic) bond motifs is 2. The minimum atomic E-state index is -1.30. The maximum Gasteiger partial charge on any atom is 0.352 e. The van der Waals surface area contributed by atoms with E-state index in [1.54, 1.807) is 37.4 Å². The Labute approximate surface area is 270 Å². The van der Waals surface area contributed by atoms with Gasteiger partial charge in [-0.3, -0.25) is 19.3 Å². The van der Waals surface area contributed by atoms with E-state index < -0.39 is 34.8 Å². The lowest BCUT2D eigenvalue weighted by Gasteiger charge is -2.49. The summed E-state index contributed by atoms with van der Waals surface area (Å²) < 4.78 is 21.5. The van der Waals surface area contributed by atoms with Crippen LogP contribution in [-0.2, 0) is 28.6 Å². The largest absolute Gasteiger partial charge is 0.488 e. The summed E-state index contributed by atoms with van der Waals surface area (Å²) in [6.45, 7) is 0.876. The second-order valence-corrected chi connectivity index (χ2v) is 11.9. The van der Waals surface area contributed by atoms with Gasteiger partial charge in [0.15, 0.2) is 0 Å². The van der Waals surface area contributed by atoms with Gasteiger partial charge in [0.2, 0.25) is 5.91 Å². The highest BCUT2D eigenvalue weighted by atomic mass is 35.5. The molecule has 2 amide bonds. The summed E-state index contributed by atoms with van der Waals surface area (Å²) in [5.74, 6) is -1.65. The molecule has 1 unspecified atom stereocenters. The highest BCUT2D eigenvalue weighted by molar-refractivity contribution is 8.00. The van der Waals surface area contributed by atoms with Gasteiger partial charge in [0.25, 0.3) is 11.5 Å². The molecule has 0 radical (unpaired) electrons. The highest BCUT2D eigenvalue weighted by Crippen LogP contribution is 2.41. The van der Waals surface area contributed by atoms with E-state index in [2.05, 4.69) is 15.3 Å². The predicted molar refractivity (Wildman–Crippen MR) is 167 cm³/mol. The second-order valence-electron chi connectivity index (χ2n) is 9.88. The molecule has 1 fully saturated rings. The molecule has 2 aromatic carbocycles. The number of benzene rings is 2. The number of ether oxygens (including phenoxy) is 4. The first-order valence-corrected chi connectivity index (χ1v) is 15.4. The quantitative estimate of drug-likeness (QED) is 0.169. The van der Waals surface area contributed by atoms with E-state index in [1.165, 1.54) is 17.8 Å². The molecule has 2 aliphatic heterocycles. The van der Waals surface area contributed by atoms with Crippen LogP contribution in [0.4, 0.5) is 0 Å². The molecular formula is C29H28Cl2N4O9S. The lowest BCUT2D eigenvalue weighted by atomic mass is 10.0. The Morgan fingerprint density at radius 2 is 1.82 bits per heavy atom. The van der Waals surface area contributed by atoms with E-state index in [0.29, 0.717) is 45.3 Å². The molecule has 3 heterocycles. The first-order valence-electron chi connectivity index (χ1n) is 13.6. The number of thioether (sulfide) groups is 1. The molecule has 238 valence electrons. The summed E-state index contributed by atoms with van der Waals surface area (Å²) in [5, 5.41) is 13.1. The van der Waals surface area contributed by atoms with Crippen molar-refractivity contribution in [3.8, 4) is 17.1 Å². The average Bonchev–Trinajstić information content (AvgIpc) is 3.02. The highest BCUT2D eigenvalue weighted by Gasteiger charge is 2.54. The number of hydrogen-bond acceptors (Lipinski definition) is 10. The van der Waals surface area contributed by atoms with E-state index in [9.17, 15) is 24.3 Å². The SMILES string of the molecule is COCCOCCOCC(=O)N[C@@H]1C(=O)N2C(C(=O)O)=C(COc3ccc(Cl)cc3-c3nc4ccc(Cl)cc4c(=O)[nH]3)CSC12. The van der Waals surface area contributed by atoms with Crippen molar-refractivity contribution < 1.29 is 38.4 Å². The van der Waals surface area contributed by atoms with Gasteiger partial charge in [-0.25, -0.2) is 9.78 Å². The Hall–Kier alpha value is -3.66. The molecular weight excluding hydrogens is 651 g/mol. The van der Waals surface area contributed by atoms with Crippen LogP contribution in [0.15, 0.2) is 52.5 Å². The Kier molecular flexibility index (Phi) is 10.6. The summed E-state index contributed by atoms with van der Waals surface area (Å²) in [4.78, 5) is 58.8. The zero-order valence-electron chi connectivity index (χ0n) is 23.8. The summed E-state index contributed by atoms with van der Waals surface area (Å²) in [6, 6.07) is 8.59. The number of amides is 2. The Morgan fingerprint density at radius 3 is 2.60 bits per heavy atom. The number of nitrogens with one attached hydrogen (secondary N) is 2. The maximum absolute atomic E-state index is 13.0. The molecule has 0 saturated carbocycles. The molecule has 16 heteroatoms. The van der Waals surface area contributed by atoms with Crippen molar-refractivity contribution in [2.75, 3.05) is 52.5 Å². The number of hydrogen-bond donors (Lipinski definition) is 3. The Bertz CT molecular complexity index is 1720. The van der Waals surface area contributed by atoms with Crippen molar-refractivity contribution in [1.29, 1.82) is 0 Å². The van der Waals surface area contributed by atoms with Gasteiger partial charge in [-0.15, -0.1) is 11.8 Å². The van der Waals surface area contributed by atoms with Gasteiger partial charge in [0.05, 0.1) is 42.9 Å². The van der Waals surface area contributed by atoms with E-state index >= 15 is 0 Å². The van der Waals surface area contributed by atoms with Crippen LogP contribution in [0, 0.1) is 0 Å². The van der Waals surface area contributed by atoms with Crippen LogP contribution < -0.4 is 15.6 Å². The standard InChI is InChI=1S/C29H28Cl2N4O9S/c1-41-6-7-42-8-9-43-13-22(36)33-23-27(38)35-24(29(39)40)15(14-45-28(23)35)12-44-21-5-3-17(31)11-19(21)25-32-20-4-2-16(30)10-18(20)26(37)34-25/h2-5,10-11,23,28H,6-9,12-14H2,1H3,(H,33,36)(H,39,40)(H,32,34,37)/t23-,28?/m1/s1. The number of carboxylic acid groups (broad SMARTS) is 1. The van der Waals surface area contributed by atoms with Crippen molar-refractivity contribution in [3.63, 3.8) is 0 Å². The monoisotopic (exact) mass is 678 g/mol. The van der Waals surface area contributed by atoms with Gasteiger partial charge in [-0.05, 0) is 36.4 Å². The smallest absolute Gasteiger partial charge is 0.352 e. The fraction of sp³-hybridized carbons (Fsp3) is 0.345. The molecule has 1 saturated heterocycles. The van der Waals surface area contributed by atoms with E-state index in [-0.39, 0.29) is 49.5 Å². The van der Waals surface area contributed by atoms with Crippen molar-refractivity contribution in [3.05, 3.63) is 68.1 Å². The second kappa shape index (κ2) is 14.6. The molecule has 0 aliphatic carbocycles. The van der Waals surface area contributed by atoms with E-state index in [4.69, 9.17) is 42.1 Å². The van der Waals surface area contributed by atoms with E-state index in [0.717, 1.165) is 4.90 Å². The number of carbonyl (C=O) groups is 3. The van der Waals surface area contributed by atoms with Crippen molar-refractivity contribution >= 4 is 63.7 Å². The third-order valence-electron chi connectivity index (χ3n) is 6.87. The number of halogens is 2. The number of methoxy groups -OCH3 is 1. The number of aromatic amines is 1. The number of aliphatic carboxylic acids is 1. The van der Waals surface area contributed by atoms with Crippen LogP contribution in [-0.4, -0.2) is 102 Å². The fourth-order valence-electron chi connectivity index (χ4n) is 4.75. The summed E-state index contributed by atoms with van der Waals surface area (Å²) in [5.41, 5.74) is 0.524. The van der Waals surface area contributed by atoms with Crippen molar-refractivity contribution in [2.24, 2.45) is 0 Å². The van der Waals surface area contributed by atoms with Crippen molar-refractivity contribution in [1.82, 2.24) is 20.2 Å². The molecule has 5 rings (SSSR count). The normalized spacial score (nSPS) is 17.7. The lowest BCUT2D eigenvalue weighted by molar-refractivity contribution is -0.151. The zero-order valence-corrected chi connectivity index (χ0v) is 26.2. The summed E-state index contributed by atoms with van der Waals surface area (Å²) >= 11 is 13.6. The van der Waals surface area contributed by atoms with Gasteiger partial charge in [0, 0.05) is 28.5 Å². The van der Waals surface area contributed by atoms with Crippen LogP contribution >= 0.6 is 35.0 Å².